The Labute approximate surface area is 119 Å². The molecule has 110 valence electrons. The number of hydrazine groups is 1. The highest BCUT2D eigenvalue weighted by Crippen LogP contribution is 2.28. The number of hydrogen-bond acceptors (Lipinski definition) is 4. The average Bonchev–Trinajstić information content (AvgIpc) is 2.45. The fraction of sp³-hybridized carbons (Fsp3) is 0.533. The summed E-state index contributed by atoms with van der Waals surface area (Å²) < 4.78 is 5.37. The van der Waals surface area contributed by atoms with Gasteiger partial charge in [-0.1, -0.05) is 6.92 Å². The molecule has 0 saturated carbocycles. The number of anilines is 1. The summed E-state index contributed by atoms with van der Waals surface area (Å²) in [5.74, 6) is 5.33. The van der Waals surface area contributed by atoms with Crippen LogP contribution in [-0.2, 0) is 4.74 Å². The molecule has 0 aliphatic carbocycles. The second kappa shape index (κ2) is 6.24. The Morgan fingerprint density at radius 3 is 2.70 bits per heavy atom. The van der Waals surface area contributed by atoms with E-state index in [9.17, 15) is 4.79 Å². The van der Waals surface area contributed by atoms with Crippen LogP contribution < -0.4 is 16.6 Å². The van der Waals surface area contributed by atoms with Crippen molar-refractivity contribution >= 4 is 11.6 Å². The quantitative estimate of drug-likeness (QED) is 0.579. The predicted octanol–water partition coefficient (Wildman–Crippen LogP) is 1.83. The first-order chi connectivity index (χ1) is 9.54. The number of nitrogens with one attached hydrogen (secondary N) is 2. The number of carbonyl (C=O) groups excluding carboxylic acids is 1. The molecule has 4 N–H and O–H groups in total. The summed E-state index contributed by atoms with van der Waals surface area (Å²) in [6.07, 6.45) is 1.98. The number of amides is 1. The van der Waals surface area contributed by atoms with Crippen molar-refractivity contribution in [3.8, 4) is 0 Å². The Bertz CT molecular complexity index is 482. The Balaban J connectivity index is 1.98. The molecule has 1 saturated heterocycles. The summed E-state index contributed by atoms with van der Waals surface area (Å²) in [5.41, 5.74) is 5.13. The summed E-state index contributed by atoms with van der Waals surface area (Å²) >= 11 is 0. The molecule has 5 nitrogen and oxygen atoms in total. The third kappa shape index (κ3) is 3.49. The number of rotatable bonds is 4. The van der Waals surface area contributed by atoms with Gasteiger partial charge in [0.2, 0.25) is 0 Å². The SMILES string of the molecule is Cc1cc(NN)ccc1C(=O)NCC1(C)CCOCC1. The van der Waals surface area contributed by atoms with Crippen LogP contribution in [-0.4, -0.2) is 25.7 Å². The van der Waals surface area contributed by atoms with Crippen LogP contribution in [0.25, 0.3) is 0 Å². The van der Waals surface area contributed by atoms with Crippen LogP contribution in [0, 0.1) is 12.3 Å². The van der Waals surface area contributed by atoms with Gasteiger partial charge in [0.1, 0.15) is 0 Å². The Kier molecular flexibility index (Phi) is 4.62. The number of nitrogens with two attached hydrogens (primary N) is 1. The van der Waals surface area contributed by atoms with Crippen LogP contribution in [0.4, 0.5) is 5.69 Å². The summed E-state index contributed by atoms with van der Waals surface area (Å²) in [6, 6.07) is 5.47. The molecule has 0 atom stereocenters. The maximum atomic E-state index is 12.3. The van der Waals surface area contributed by atoms with Crippen molar-refractivity contribution in [3.05, 3.63) is 29.3 Å². The molecule has 2 rings (SSSR count). The van der Waals surface area contributed by atoms with Gasteiger partial charge >= 0.3 is 0 Å². The first kappa shape index (κ1) is 14.8. The molecule has 5 heteroatoms. The normalized spacial score (nSPS) is 17.6. The van der Waals surface area contributed by atoms with E-state index in [2.05, 4.69) is 17.7 Å². The molecule has 1 fully saturated rings. The van der Waals surface area contributed by atoms with Crippen molar-refractivity contribution in [2.75, 3.05) is 25.2 Å². The molecule has 1 aliphatic rings. The number of ether oxygens (including phenoxy) is 1. The Hall–Kier alpha value is -1.59. The van der Waals surface area contributed by atoms with Crippen molar-refractivity contribution in [1.82, 2.24) is 5.32 Å². The lowest BCUT2D eigenvalue weighted by Gasteiger charge is -2.33. The first-order valence-corrected chi connectivity index (χ1v) is 6.97. The molecule has 0 radical (unpaired) electrons. The summed E-state index contributed by atoms with van der Waals surface area (Å²) in [7, 11) is 0. The molecule has 1 amide bonds. The Morgan fingerprint density at radius 1 is 1.40 bits per heavy atom. The molecule has 1 aliphatic heterocycles. The number of nitrogen functional groups attached to an aromatic ring is 1. The molecule has 0 unspecified atom stereocenters. The summed E-state index contributed by atoms with van der Waals surface area (Å²) in [4.78, 5) is 12.3. The minimum Gasteiger partial charge on any atom is -0.381 e. The summed E-state index contributed by atoms with van der Waals surface area (Å²) in [5, 5.41) is 3.04. The highest BCUT2D eigenvalue weighted by Gasteiger charge is 2.27. The molecule has 0 aromatic heterocycles. The van der Waals surface area contributed by atoms with Crippen molar-refractivity contribution in [2.45, 2.75) is 26.7 Å². The fourth-order valence-electron chi connectivity index (χ4n) is 2.44. The number of hydrogen-bond donors (Lipinski definition) is 3. The zero-order valence-electron chi connectivity index (χ0n) is 12.2. The maximum absolute atomic E-state index is 12.3. The topological polar surface area (TPSA) is 76.4 Å². The van der Waals surface area contributed by atoms with E-state index in [-0.39, 0.29) is 11.3 Å². The zero-order valence-corrected chi connectivity index (χ0v) is 12.2. The van der Waals surface area contributed by atoms with Crippen molar-refractivity contribution in [1.29, 1.82) is 0 Å². The van der Waals surface area contributed by atoms with Crippen molar-refractivity contribution < 1.29 is 9.53 Å². The first-order valence-electron chi connectivity index (χ1n) is 6.97. The van der Waals surface area contributed by atoms with Gasteiger partial charge in [-0.2, -0.15) is 0 Å². The van der Waals surface area contributed by atoms with Crippen LogP contribution in [0.1, 0.15) is 35.7 Å². The van der Waals surface area contributed by atoms with Crippen LogP contribution >= 0.6 is 0 Å². The monoisotopic (exact) mass is 277 g/mol. The second-order valence-electron chi connectivity index (χ2n) is 5.78. The van der Waals surface area contributed by atoms with Gasteiger partial charge in [-0.05, 0) is 48.9 Å². The number of aryl methyl sites for hydroxylation is 1. The maximum Gasteiger partial charge on any atom is 0.251 e. The van der Waals surface area contributed by atoms with E-state index in [1.807, 2.05) is 13.0 Å². The summed E-state index contributed by atoms with van der Waals surface area (Å²) in [6.45, 7) is 6.35. The molecule has 1 aromatic carbocycles. The van der Waals surface area contributed by atoms with Gasteiger partial charge in [-0.15, -0.1) is 0 Å². The van der Waals surface area contributed by atoms with Crippen molar-refractivity contribution in [3.63, 3.8) is 0 Å². The lowest BCUT2D eigenvalue weighted by Crippen LogP contribution is -2.39. The lowest BCUT2D eigenvalue weighted by atomic mass is 9.82. The minimum absolute atomic E-state index is 0.0289. The fourth-order valence-corrected chi connectivity index (χ4v) is 2.44. The largest absolute Gasteiger partial charge is 0.381 e. The second-order valence-corrected chi connectivity index (χ2v) is 5.78. The van der Waals surface area contributed by atoms with Gasteiger partial charge in [-0.3, -0.25) is 10.6 Å². The van der Waals surface area contributed by atoms with E-state index in [0.29, 0.717) is 12.1 Å². The molecule has 1 aromatic rings. The number of carbonyl (C=O) groups is 1. The van der Waals surface area contributed by atoms with Crippen LogP contribution in [0.15, 0.2) is 18.2 Å². The molecule has 20 heavy (non-hydrogen) atoms. The standard InChI is InChI=1S/C15H23N3O2/c1-11-9-12(18-16)3-4-13(11)14(19)17-10-15(2)5-7-20-8-6-15/h3-4,9,18H,5-8,10,16H2,1-2H3,(H,17,19). The van der Waals surface area contributed by atoms with Gasteiger partial charge in [0.25, 0.3) is 5.91 Å². The van der Waals surface area contributed by atoms with Crippen LogP contribution in [0.3, 0.4) is 0 Å². The highest BCUT2D eigenvalue weighted by molar-refractivity contribution is 5.96. The van der Waals surface area contributed by atoms with E-state index in [1.54, 1.807) is 12.1 Å². The minimum atomic E-state index is -0.0289. The van der Waals surface area contributed by atoms with Gasteiger partial charge in [-0.25, -0.2) is 0 Å². The predicted molar refractivity (Wildman–Crippen MR) is 79.5 cm³/mol. The van der Waals surface area contributed by atoms with E-state index in [1.165, 1.54) is 0 Å². The van der Waals surface area contributed by atoms with E-state index < -0.39 is 0 Å². The molecule has 0 bridgehead atoms. The van der Waals surface area contributed by atoms with Gasteiger partial charge in [0.05, 0.1) is 0 Å². The van der Waals surface area contributed by atoms with Gasteiger partial charge in [0, 0.05) is 31.0 Å². The van der Waals surface area contributed by atoms with Crippen LogP contribution in [0.5, 0.6) is 0 Å². The van der Waals surface area contributed by atoms with Crippen LogP contribution in [0.2, 0.25) is 0 Å². The van der Waals surface area contributed by atoms with E-state index in [4.69, 9.17) is 10.6 Å². The van der Waals surface area contributed by atoms with Gasteiger partial charge in [0.15, 0.2) is 0 Å². The molecular weight excluding hydrogens is 254 g/mol. The smallest absolute Gasteiger partial charge is 0.251 e. The van der Waals surface area contributed by atoms with Gasteiger partial charge < -0.3 is 15.5 Å². The number of benzene rings is 1. The van der Waals surface area contributed by atoms with E-state index >= 15 is 0 Å². The third-order valence-corrected chi connectivity index (χ3v) is 4.01. The van der Waals surface area contributed by atoms with Crippen molar-refractivity contribution in [2.24, 2.45) is 11.3 Å². The van der Waals surface area contributed by atoms with E-state index in [0.717, 1.165) is 37.3 Å². The highest BCUT2D eigenvalue weighted by atomic mass is 16.5. The molecule has 1 heterocycles. The Morgan fingerprint density at radius 2 is 2.10 bits per heavy atom. The third-order valence-electron chi connectivity index (χ3n) is 4.01. The molecule has 0 spiro atoms. The molecular formula is C15H23N3O2. The lowest BCUT2D eigenvalue weighted by molar-refractivity contribution is 0.0238. The average molecular weight is 277 g/mol. The zero-order chi connectivity index (χ0) is 14.6.